The van der Waals surface area contributed by atoms with E-state index in [4.69, 9.17) is 21.4 Å². The molecule has 0 radical (unpaired) electrons. The van der Waals surface area contributed by atoms with Crippen LogP contribution in [0.2, 0.25) is 5.02 Å². The Bertz CT molecular complexity index is 607. The van der Waals surface area contributed by atoms with Gasteiger partial charge in [0.1, 0.15) is 5.75 Å². The van der Waals surface area contributed by atoms with Gasteiger partial charge in [-0.05, 0) is 24.3 Å². The quantitative estimate of drug-likeness (QED) is 0.927. The van der Waals surface area contributed by atoms with Crippen molar-refractivity contribution in [3.8, 4) is 17.0 Å². The molecule has 0 aliphatic heterocycles. The summed E-state index contributed by atoms with van der Waals surface area (Å²) in [7, 11) is 3.22. The minimum Gasteiger partial charge on any atom is -0.495 e. The van der Waals surface area contributed by atoms with Crippen molar-refractivity contribution >= 4 is 17.6 Å². The molecule has 0 aliphatic rings. The Morgan fingerprint density at radius 1 is 1.44 bits per heavy atom. The van der Waals surface area contributed by atoms with Crippen LogP contribution in [0.15, 0.2) is 24.3 Å². The smallest absolute Gasteiger partial charge is 0.356 e. The summed E-state index contributed by atoms with van der Waals surface area (Å²) in [6, 6.07) is 6.74. The van der Waals surface area contributed by atoms with Crippen LogP contribution < -0.4 is 4.74 Å². The fraction of sp³-hybridized carbons (Fsp3) is 0.167. The minimum atomic E-state index is -1.06. The Morgan fingerprint density at radius 2 is 2.17 bits per heavy atom. The van der Waals surface area contributed by atoms with E-state index in [1.807, 2.05) is 0 Å². The number of carboxylic acids is 1. The number of benzene rings is 1. The zero-order valence-electron chi connectivity index (χ0n) is 9.85. The summed E-state index contributed by atoms with van der Waals surface area (Å²) in [6.07, 6.45) is 0. The van der Waals surface area contributed by atoms with Gasteiger partial charge in [-0.1, -0.05) is 11.6 Å². The molecule has 0 bridgehead atoms. The van der Waals surface area contributed by atoms with E-state index in [0.29, 0.717) is 16.5 Å². The molecule has 2 aromatic rings. The number of carbonyl (C=O) groups is 1. The van der Waals surface area contributed by atoms with Gasteiger partial charge in [0.25, 0.3) is 0 Å². The highest BCUT2D eigenvalue weighted by atomic mass is 35.5. The van der Waals surface area contributed by atoms with Gasteiger partial charge in [0, 0.05) is 12.6 Å². The van der Waals surface area contributed by atoms with E-state index >= 15 is 0 Å². The lowest BCUT2D eigenvalue weighted by molar-refractivity contribution is 0.0689. The maximum atomic E-state index is 10.8. The van der Waals surface area contributed by atoms with Crippen molar-refractivity contribution in [3.63, 3.8) is 0 Å². The fourth-order valence-electron chi connectivity index (χ4n) is 1.67. The molecule has 0 amide bonds. The summed E-state index contributed by atoms with van der Waals surface area (Å²) in [6.45, 7) is 0. The zero-order chi connectivity index (χ0) is 13.3. The van der Waals surface area contributed by atoms with E-state index in [-0.39, 0.29) is 5.69 Å². The summed E-state index contributed by atoms with van der Waals surface area (Å²) in [4.78, 5) is 10.8. The van der Waals surface area contributed by atoms with Crippen molar-refractivity contribution in [2.45, 2.75) is 0 Å². The third-order valence-electron chi connectivity index (χ3n) is 2.55. The van der Waals surface area contributed by atoms with E-state index in [9.17, 15) is 4.79 Å². The molecule has 5 nitrogen and oxygen atoms in total. The highest BCUT2D eigenvalue weighted by Crippen LogP contribution is 2.30. The van der Waals surface area contributed by atoms with Crippen LogP contribution in [-0.4, -0.2) is 28.0 Å². The standard InChI is InChI=1S/C12H11ClN2O3/c1-15-10(6-9(14-15)12(16)17)7-3-4-11(18-2)8(13)5-7/h3-6H,1-2H3,(H,16,17). The summed E-state index contributed by atoms with van der Waals surface area (Å²) < 4.78 is 6.56. The Balaban J connectivity index is 2.48. The number of hydrogen-bond donors (Lipinski definition) is 1. The summed E-state index contributed by atoms with van der Waals surface area (Å²) in [5.41, 5.74) is 1.46. The Morgan fingerprint density at radius 3 is 2.67 bits per heavy atom. The topological polar surface area (TPSA) is 64.3 Å². The van der Waals surface area contributed by atoms with Crippen LogP contribution in [0.1, 0.15) is 10.5 Å². The van der Waals surface area contributed by atoms with Crippen LogP contribution in [0.25, 0.3) is 11.3 Å². The van der Waals surface area contributed by atoms with Crippen LogP contribution in [-0.2, 0) is 7.05 Å². The Labute approximate surface area is 109 Å². The molecule has 0 saturated carbocycles. The SMILES string of the molecule is COc1ccc(-c2cc(C(=O)O)nn2C)cc1Cl. The second-order valence-electron chi connectivity index (χ2n) is 3.69. The molecule has 0 spiro atoms. The van der Waals surface area contributed by atoms with Crippen molar-refractivity contribution in [3.05, 3.63) is 35.0 Å². The van der Waals surface area contributed by atoms with Crippen LogP contribution in [0.5, 0.6) is 5.75 Å². The van der Waals surface area contributed by atoms with Crippen LogP contribution in [0.3, 0.4) is 0 Å². The third kappa shape index (κ3) is 2.17. The molecule has 0 atom stereocenters. The molecule has 94 valence electrons. The first-order valence-electron chi connectivity index (χ1n) is 5.14. The minimum absolute atomic E-state index is 0.000518. The molecule has 1 heterocycles. The van der Waals surface area contributed by atoms with Gasteiger partial charge >= 0.3 is 5.97 Å². The van der Waals surface area contributed by atoms with Crippen molar-refractivity contribution in [2.24, 2.45) is 7.05 Å². The predicted molar refractivity (Wildman–Crippen MR) is 67.2 cm³/mol. The first kappa shape index (κ1) is 12.4. The van der Waals surface area contributed by atoms with Crippen LogP contribution >= 0.6 is 11.6 Å². The molecule has 6 heteroatoms. The number of methoxy groups -OCH3 is 1. The van der Waals surface area contributed by atoms with E-state index in [1.54, 1.807) is 25.2 Å². The molecule has 0 unspecified atom stereocenters. The predicted octanol–water partition coefficient (Wildman–Crippen LogP) is 2.45. The van der Waals surface area contributed by atoms with Gasteiger partial charge in [-0.15, -0.1) is 0 Å². The van der Waals surface area contributed by atoms with E-state index < -0.39 is 5.97 Å². The molecule has 1 aromatic heterocycles. The lowest BCUT2D eigenvalue weighted by Crippen LogP contribution is -1.99. The molecule has 1 aromatic carbocycles. The van der Waals surface area contributed by atoms with Gasteiger partial charge in [0.2, 0.25) is 0 Å². The van der Waals surface area contributed by atoms with Gasteiger partial charge in [-0.3, -0.25) is 4.68 Å². The fourth-order valence-corrected chi connectivity index (χ4v) is 1.93. The molecule has 0 fully saturated rings. The zero-order valence-corrected chi connectivity index (χ0v) is 10.6. The van der Waals surface area contributed by atoms with Gasteiger partial charge < -0.3 is 9.84 Å². The van der Waals surface area contributed by atoms with E-state index in [2.05, 4.69) is 5.10 Å². The number of aryl methyl sites for hydroxylation is 1. The number of carboxylic acid groups (broad SMARTS) is 1. The van der Waals surface area contributed by atoms with Gasteiger partial charge in [0.05, 0.1) is 17.8 Å². The van der Waals surface area contributed by atoms with Crippen molar-refractivity contribution in [1.29, 1.82) is 0 Å². The Hall–Kier alpha value is -2.01. The average molecular weight is 267 g/mol. The van der Waals surface area contributed by atoms with Crippen LogP contribution in [0.4, 0.5) is 0 Å². The number of aromatic nitrogens is 2. The molecule has 2 rings (SSSR count). The van der Waals surface area contributed by atoms with Crippen molar-refractivity contribution in [2.75, 3.05) is 7.11 Å². The van der Waals surface area contributed by atoms with Crippen molar-refractivity contribution < 1.29 is 14.6 Å². The largest absolute Gasteiger partial charge is 0.495 e. The van der Waals surface area contributed by atoms with Crippen molar-refractivity contribution in [1.82, 2.24) is 9.78 Å². The number of rotatable bonds is 3. The van der Waals surface area contributed by atoms with Gasteiger partial charge in [0.15, 0.2) is 5.69 Å². The van der Waals surface area contributed by atoms with Gasteiger partial charge in [-0.25, -0.2) is 4.79 Å². The monoisotopic (exact) mass is 266 g/mol. The van der Waals surface area contributed by atoms with Crippen LogP contribution in [0, 0.1) is 0 Å². The highest BCUT2D eigenvalue weighted by molar-refractivity contribution is 6.32. The second kappa shape index (κ2) is 4.70. The molecule has 1 N–H and O–H groups in total. The molecular weight excluding hydrogens is 256 g/mol. The third-order valence-corrected chi connectivity index (χ3v) is 2.84. The van der Waals surface area contributed by atoms with E-state index in [1.165, 1.54) is 17.9 Å². The number of hydrogen-bond acceptors (Lipinski definition) is 3. The maximum absolute atomic E-state index is 10.8. The molecule has 0 aliphatic carbocycles. The second-order valence-corrected chi connectivity index (χ2v) is 4.10. The first-order chi connectivity index (χ1) is 8.52. The maximum Gasteiger partial charge on any atom is 0.356 e. The molecule has 0 saturated heterocycles. The molecular formula is C12H11ClN2O3. The number of ether oxygens (including phenoxy) is 1. The van der Waals surface area contributed by atoms with Gasteiger partial charge in [-0.2, -0.15) is 5.10 Å². The first-order valence-corrected chi connectivity index (χ1v) is 5.52. The molecule has 18 heavy (non-hydrogen) atoms. The normalized spacial score (nSPS) is 10.4. The summed E-state index contributed by atoms with van der Waals surface area (Å²) in [5, 5.41) is 13.3. The number of aromatic carboxylic acids is 1. The number of halogens is 1. The van der Waals surface area contributed by atoms with E-state index in [0.717, 1.165) is 5.56 Å². The summed E-state index contributed by atoms with van der Waals surface area (Å²) >= 11 is 6.03. The summed E-state index contributed by atoms with van der Waals surface area (Å²) in [5.74, 6) is -0.488. The lowest BCUT2D eigenvalue weighted by Gasteiger charge is -2.06. The Kier molecular flexibility index (Phi) is 3.25. The average Bonchev–Trinajstić information content (AvgIpc) is 2.71. The highest BCUT2D eigenvalue weighted by Gasteiger charge is 2.13. The number of nitrogens with zero attached hydrogens (tertiary/aromatic N) is 2. The lowest BCUT2D eigenvalue weighted by atomic mass is 10.1.